The highest BCUT2D eigenvalue weighted by Crippen LogP contribution is 2.23. The van der Waals surface area contributed by atoms with Gasteiger partial charge in [0.25, 0.3) is 0 Å². The standard InChI is InChI=1S/C10H13F4N3O2/c11-9(12)10(13,14)5-18-4-7-16-8(19-17-7)6-1-2-15-3-6/h6,9,15H,1-5H2. The van der Waals surface area contributed by atoms with Crippen LogP contribution >= 0.6 is 0 Å². The van der Waals surface area contributed by atoms with Crippen molar-refractivity contribution >= 4 is 0 Å². The monoisotopic (exact) mass is 283 g/mol. The molecule has 1 atom stereocenters. The Balaban J connectivity index is 1.80. The van der Waals surface area contributed by atoms with Crippen molar-refractivity contribution in [3.05, 3.63) is 11.7 Å². The lowest BCUT2D eigenvalue weighted by atomic mass is 10.1. The molecule has 9 heteroatoms. The molecule has 1 aromatic rings. The van der Waals surface area contributed by atoms with Crippen LogP contribution in [0.5, 0.6) is 0 Å². The summed E-state index contributed by atoms with van der Waals surface area (Å²) in [6.07, 6.45) is -2.90. The molecule has 0 aliphatic carbocycles. The Morgan fingerprint density at radius 3 is 2.89 bits per heavy atom. The van der Waals surface area contributed by atoms with Crippen LogP contribution in [0.2, 0.25) is 0 Å². The molecule has 0 saturated carbocycles. The van der Waals surface area contributed by atoms with E-state index < -0.39 is 19.0 Å². The van der Waals surface area contributed by atoms with E-state index in [1.165, 1.54) is 0 Å². The third-order valence-corrected chi connectivity index (χ3v) is 2.74. The second-order valence-corrected chi connectivity index (χ2v) is 4.29. The normalized spacial score (nSPS) is 20.4. The second-order valence-electron chi connectivity index (χ2n) is 4.29. The molecule has 0 amide bonds. The lowest BCUT2D eigenvalue weighted by Crippen LogP contribution is -2.32. The average Bonchev–Trinajstić information content (AvgIpc) is 2.98. The molecule has 2 heterocycles. The van der Waals surface area contributed by atoms with E-state index in [0.29, 0.717) is 12.4 Å². The number of nitrogens with one attached hydrogen (secondary N) is 1. The number of hydrogen-bond donors (Lipinski definition) is 1. The van der Waals surface area contributed by atoms with Gasteiger partial charge in [0.05, 0.1) is 5.92 Å². The number of hydrogen-bond acceptors (Lipinski definition) is 5. The highest BCUT2D eigenvalue weighted by molar-refractivity contribution is 4.97. The predicted molar refractivity (Wildman–Crippen MR) is 55.1 cm³/mol. The summed E-state index contributed by atoms with van der Waals surface area (Å²) < 4.78 is 58.3. The van der Waals surface area contributed by atoms with Gasteiger partial charge in [0, 0.05) is 6.54 Å². The minimum atomic E-state index is -4.16. The van der Waals surface area contributed by atoms with Gasteiger partial charge in [-0.15, -0.1) is 0 Å². The van der Waals surface area contributed by atoms with Crippen molar-refractivity contribution in [3.8, 4) is 0 Å². The summed E-state index contributed by atoms with van der Waals surface area (Å²) >= 11 is 0. The molecular weight excluding hydrogens is 270 g/mol. The number of nitrogens with zero attached hydrogens (tertiary/aromatic N) is 2. The first kappa shape index (κ1) is 14.2. The maximum Gasteiger partial charge on any atom is 0.330 e. The maximum absolute atomic E-state index is 12.6. The number of aromatic nitrogens is 2. The van der Waals surface area contributed by atoms with Gasteiger partial charge in [-0.2, -0.15) is 13.8 Å². The quantitative estimate of drug-likeness (QED) is 0.803. The van der Waals surface area contributed by atoms with Gasteiger partial charge in [-0.1, -0.05) is 5.16 Å². The van der Waals surface area contributed by atoms with Gasteiger partial charge in [0.2, 0.25) is 5.89 Å². The Bertz CT molecular complexity index is 407. The third-order valence-electron chi connectivity index (χ3n) is 2.74. The van der Waals surface area contributed by atoms with Crippen molar-refractivity contribution in [2.75, 3.05) is 19.7 Å². The van der Waals surface area contributed by atoms with E-state index in [2.05, 4.69) is 20.2 Å². The van der Waals surface area contributed by atoms with E-state index in [4.69, 9.17) is 4.52 Å². The molecule has 1 aliphatic heterocycles. The van der Waals surface area contributed by atoms with Gasteiger partial charge in [0.15, 0.2) is 5.82 Å². The van der Waals surface area contributed by atoms with Crippen LogP contribution in [0.3, 0.4) is 0 Å². The van der Waals surface area contributed by atoms with Crippen LogP contribution in [0.15, 0.2) is 4.52 Å². The SMILES string of the molecule is FC(F)C(F)(F)COCc1noc(C2CCNC2)n1. The average molecular weight is 283 g/mol. The summed E-state index contributed by atoms with van der Waals surface area (Å²) in [6.45, 7) is -0.198. The molecule has 0 bridgehead atoms. The van der Waals surface area contributed by atoms with Crippen LogP contribution in [0.25, 0.3) is 0 Å². The minimum absolute atomic E-state index is 0.0759. The Labute approximate surface area is 106 Å². The molecule has 1 saturated heterocycles. The van der Waals surface area contributed by atoms with Gasteiger partial charge < -0.3 is 14.6 Å². The van der Waals surface area contributed by atoms with Gasteiger partial charge in [-0.25, -0.2) is 8.78 Å². The number of ether oxygens (including phenoxy) is 1. The molecular formula is C10H13F4N3O2. The fourth-order valence-electron chi connectivity index (χ4n) is 1.70. The maximum atomic E-state index is 12.6. The first-order valence-corrected chi connectivity index (χ1v) is 5.76. The van der Waals surface area contributed by atoms with E-state index in [1.807, 2.05) is 0 Å². The smallest absolute Gasteiger partial charge is 0.330 e. The fraction of sp³-hybridized carbons (Fsp3) is 0.800. The minimum Gasteiger partial charge on any atom is -0.367 e. The van der Waals surface area contributed by atoms with E-state index in [9.17, 15) is 17.6 Å². The highest BCUT2D eigenvalue weighted by Gasteiger charge is 2.41. The molecule has 0 aromatic carbocycles. The Morgan fingerprint density at radius 2 is 2.26 bits per heavy atom. The Morgan fingerprint density at radius 1 is 1.47 bits per heavy atom. The van der Waals surface area contributed by atoms with Crippen LogP contribution in [0.1, 0.15) is 24.1 Å². The largest absolute Gasteiger partial charge is 0.367 e. The van der Waals surface area contributed by atoms with Crippen molar-refractivity contribution in [2.45, 2.75) is 31.3 Å². The first-order chi connectivity index (χ1) is 8.99. The van der Waals surface area contributed by atoms with Crippen molar-refractivity contribution in [1.29, 1.82) is 0 Å². The van der Waals surface area contributed by atoms with Crippen molar-refractivity contribution in [1.82, 2.24) is 15.5 Å². The van der Waals surface area contributed by atoms with Crippen LogP contribution in [-0.2, 0) is 11.3 Å². The molecule has 5 nitrogen and oxygen atoms in total. The van der Waals surface area contributed by atoms with Crippen molar-refractivity contribution in [2.24, 2.45) is 0 Å². The summed E-state index contributed by atoms with van der Waals surface area (Å²) in [5.74, 6) is -3.58. The van der Waals surface area contributed by atoms with Crippen molar-refractivity contribution in [3.63, 3.8) is 0 Å². The second kappa shape index (κ2) is 5.83. The lowest BCUT2D eigenvalue weighted by molar-refractivity contribution is -0.168. The van der Waals surface area contributed by atoms with Gasteiger partial charge >= 0.3 is 12.3 Å². The predicted octanol–water partition coefficient (Wildman–Crippen LogP) is 1.56. The van der Waals surface area contributed by atoms with Crippen LogP contribution in [0.4, 0.5) is 17.6 Å². The molecule has 1 fully saturated rings. The molecule has 1 aliphatic rings. The van der Waals surface area contributed by atoms with Crippen LogP contribution in [0, 0.1) is 0 Å². The zero-order valence-electron chi connectivity index (χ0n) is 9.91. The van der Waals surface area contributed by atoms with E-state index in [-0.39, 0.29) is 18.3 Å². The first-order valence-electron chi connectivity index (χ1n) is 5.76. The zero-order chi connectivity index (χ0) is 13.9. The van der Waals surface area contributed by atoms with Gasteiger partial charge in [-0.05, 0) is 13.0 Å². The zero-order valence-corrected chi connectivity index (χ0v) is 9.91. The number of halogens is 4. The van der Waals surface area contributed by atoms with Gasteiger partial charge in [0.1, 0.15) is 13.2 Å². The van der Waals surface area contributed by atoms with E-state index in [1.54, 1.807) is 0 Å². The molecule has 1 aromatic heterocycles. The topological polar surface area (TPSA) is 60.2 Å². The Hall–Kier alpha value is -1.22. The summed E-state index contributed by atoms with van der Waals surface area (Å²) in [5.41, 5.74) is 0. The summed E-state index contributed by atoms with van der Waals surface area (Å²) in [4.78, 5) is 3.98. The molecule has 2 rings (SSSR count). The van der Waals surface area contributed by atoms with Crippen molar-refractivity contribution < 1.29 is 26.8 Å². The third kappa shape index (κ3) is 3.63. The Kier molecular flexibility index (Phi) is 4.35. The van der Waals surface area contributed by atoms with E-state index >= 15 is 0 Å². The number of alkyl halides is 4. The lowest BCUT2D eigenvalue weighted by Gasteiger charge is -2.14. The van der Waals surface area contributed by atoms with Crippen LogP contribution in [-0.4, -0.2) is 42.2 Å². The molecule has 19 heavy (non-hydrogen) atoms. The molecule has 0 spiro atoms. The molecule has 108 valence electrons. The summed E-state index contributed by atoms with van der Waals surface area (Å²) in [6, 6.07) is 0. The fourth-order valence-corrected chi connectivity index (χ4v) is 1.70. The molecule has 1 N–H and O–H groups in total. The summed E-state index contributed by atoms with van der Waals surface area (Å²) in [5, 5.41) is 6.67. The van der Waals surface area contributed by atoms with E-state index in [0.717, 1.165) is 13.0 Å². The summed E-state index contributed by atoms with van der Waals surface area (Å²) in [7, 11) is 0. The number of rotatable bonds is 6. The van der Waals surface area contributed by atoms with Crippen LogP contribution < -0.4 is 5.32 Å². The highest BCUT2D eigenvalue weighted by atomic mass is 19.3. The van der Waals surface area contributed by atoms with Gasteiger partial charge in [-0.3, -0.25) is 0 Å². The molecule has 0 radical (unpaired) electrons. The molecule has 1 unspecified atom stereocenters.